The van der Waals surface area contributed by atoms with Gasteiger partial charge in [0.05, 0.1) is 11.4 Å². The molecule has 0 aliphatic heterocycles. The van der Waals surface area contributed by atoms with Gasteiger partial charge in [-0.2, -0.15) is 0 Å². The zero-order valence-electron chi connectivity index (χ0n) is 17.5. The molecule has 164 valence electrons. The van der Waals surface area contributed by atoms with E-state index in [0.29, 0.717) is 27.6 Å². The summed E-state index contributed by atoms with van der Waals surface area (Å²) >= 11 is 11.8. The summed E-state index contributed by atoms with van der Waals surface area (Å²) in [5.74, 6) is 0.302. The van der Waals surface area contributed by atoms with Crippen molar-refractivity contribution in [3.8, 4) is 11.5 Å². The van der Waals surface area contributed by atoms with Crippen LogP contribution in [0.5, 0.6) is 11.5 Å². The Hall–Kier alpha value is -3.60. The highest BCUT2D eigenvalue weighted by molar-refractivity contribution is 6.30. The van der Waals surface area contributed by atoms with E-state index in [0.717, 1.165) is 22.5 Å². The van der Waals surface area contributed by atoms with Gasteiger partial charge >= 0.3 is 0 Å². The lowest BCUT2D eigenvalue weighted by atomic mass is 10.0. The predicted molar refractivity (Wildman–Crippen MR) is 136 cm³/mol. The van der Waals surface area contributed by atoms with Crippen LogP contribution in [0.1, 0.15) is 22.3 Å². The van der Waals surface area contributed by atoms with Crippen molar-refractivity contribution in [1.82, 2.24) is 0 Å². The summed E-state index contributed by atoms with van der Waals surface area (Å²) in [5, 5.41) is 21.7. The second-order valence-corrected chi connectivity index (χ2v) is 8.31. The normalized spacial score (nSPS) is 11.5. The summed E-state index contributed by atoms with van der Waals surface area (Å²) in [6.45, 7) is 0. The second kappa shape index (κ2) is 10.3. The first-order valence-corrected chi connectivity index (χ1v) is 10.9. The van der Waals surface area contributed by atoms with Crippen molar-refractivity contribution in [2.75, 3.05) is 0 Å². The van der Waals surface area contributed by atoms with Crippen LogP contribution in [-0.4, -0.2) is 22.6 Å². The Morgan fingerprint density at radius 3 is 1.36 bits per heavy atom. The van der Waals surface area contributed by atoms with Crippen molar-refractivity contribution in [3.63, 3.8) is 0 Å². The van der Waals surface area contributed by atoms with Crippen LogP contribution >= 0.6 is 23.2 Å². The van der Waals surface area contributed by atoms with Gasteiger partial charge in [-0.25, -0.2) is 0 Å². The number of halogens is 2. The van der Waals surface area contributed by atoms with Gasteiger partial charge in [0.25, 0.3) is 0 Å². The predicted octanol–water partition coefficient (Wildman–Crippen LogP) is 7.50. The van der Waals surface area contributed by atoms with E-state index in [2.05, 4.69) is 9.98 Å². The van der Waals surface area contributed by atoms with Crippen molar-refractivity contribution < 1.29 is 10.2 Å². The molecule has 33 heavy (non-hydrogen) atoms. The quantitative estimate of drug-likeness (QED) is 0.284. The first-order valence-electron chi connectivity index (χ1n) is 10.2. The number of hydrogen-bond donors (Lipinski definition) is 2. The van der Waals surface area contributed by atoms with Crippen LogP contribution in [-0.2, 0) is 6.42 Å². The third kappa shape index (κ3) is 6.22. The van der Waals surface area contributed by atoms with Crippen LogP contribution in [0.3, 0.4) is 0 Å². The lowest BCUT2D eigenvalue weighted by Crippen LogP contribution is -1.93. The van der Waals surface area contributed by atoms with E-state index >= 15 is 0 Å². The standard InChI is InChI=1S/C27H20Cl2N2O2/c28-22-3-7-24(8-4-22)30-16-20-14-18(1-11-26(20)32)13-19-2-12-27(33)21(15-19)17-31-25-9-5-23(29)6-10-25/h1-12,14-17,32-33H,13H2. The van der Waals surface area contributed by atoms with E-state index in [1.807, 2.05) is 48.5 Å². The minimum atomic E-state index is 0.151. The van der Waals surface area contributed by atoms with Crippen LogP contribution < -0.4 is 0 Å². The summed E-state index contributed by atoms with van der Waals surface area (Å²) in [7, 11) is 0. The average molecular weight is 475 g/mol. The van der Waals surface area contributed by atoms with Crippen LogP contribution in [0.15, 0.2) is 94.9 Å². The Bertz CT molecular complexity index is 1210. The maximum atomic E-state index is 10.2. The summed E-state index contributed by atoms with van der Waals surface area (Å²) in [6, 6.07) is 25.1. The fourth-order valence-corrected chi connectivity index (χ4v) is 3.46. The van der Waals surface area contributed by atoms with E-state index in [1.54, 1.807) is 48.8 Å². The number of phenolic OH excluding ortho intramolecular Hbond substituents is 2. The Balaban J connectivity index is 1.52. The highest BCUT2D eigenvalue weighted by Crippen LogP contribution is 2.24. The van der Waals surface area contributed by atoms with Gasteiger partial charge in [0.2, 0.25) is 0 Å². The molecule has 0 aliphatic rings. The molecule has 0 fully saturated rings. The van der Waals surface area contributed by atoms with Gasteiger partial charge < -0.3 is 10.2 Å². The van der Waals surface area contributed by atoms with E-state index in [-0.39, 0.29) is 11.5 Å². The van der Waals surface area contributed by atoms with Gasteiger partial charge in [0, 0.05) is 33.6 Å². The van der Waals surface area contributed by atoms with Gasteiger partial charge in [-0.15, -0.1) is 0 Å². The molecule has 0 radical (unpaired) electrons. The first-order chi connectivity index (χ1) is 16.0. The van der Waals surface area contributed by atoms with E-state index < -0.39 is 0 Å². The molecular weight excluding hydrogens is 455 g/mol. The summed E-state index contributed by atoms with van der Waals surface area (Å²) in [5.41, 5.74) is 4.71. The van der Waals surface area contributed by atoms with Gasteiger partial charge in [0.1, 0.15) is 11.5 Å². The molecule has 0 atom stereocenters. The molecule has 4 rings (SSSR count). The molecule has 4 aromatic carbocycles. The average Bonchev–Trinajstić information content (AvgIpc) is 2.82. The minimum absolute atomic E-state index is 0.151. The van der Waals surface area contributed by atoms with Crippen molar-refractivity contribution in [3.05, 3.63) is 117 Å². The number of phenols is 2. The van der Waals surface area contributed by atoms with Crippen molar-refractivity contribution >= 4 is 47.0 Å². The molecule has 0 saturated carbocycles. The molecule has 2 N–H and O–H groups in total. The maximum absolute atomic E-state index is 10.2. The van der Waals surface area contributed by atoms with Crippen molar-refractivity contribution in [1.29, 1.82) is 0 Å². The monoisotopic (exact) mass is 474 g/mol. The highest BCUT2D eigenvalue weighted by atomic mass is 35.5. The third-order valence-electron chi connectivity index (χ3n) is 4.95. The fraction of sp³-hybridized carbons (Fsp3) is 0.0370. The topological polar surface area (TPSA) is 65.2 Å². The molecule has 0 aromatic heterocycles. The Morgan fingerprint density at radius 2 is 0.970 bits per heavy atom. The Kier molecular flexibility index (Phi) is 7.08. The largest absolute Gasteiger partial charge is 0.507 e. The summed E-state index contributed by atoms with van der Waals surface area (Å²) in [6.07, 6.45) is 3.87. The number of nitrogens with zero attached hydrogens (tertiary/aromatic N) is 2. The van der Waals surface area contributed by atoms with E-state index in [1.165, 1.54) is 0 Å². The number of benzene rings is 4. The summed E-state index contributed by atoms with van der Waals surface area (Å²) in [4.78, 5) is 8.82. The minimum Gasteiger partial charge on any atom is -0.507 e. The number of aliphatic imine (C=N–C) groups is 2. The van der Waals surface area contributed by atoms with Crippen LogP contribution in [0.4, 0.5) is 11.4 Å². The highest BCUT2D eigenvalue weighted by Gasteiger charge is 2.05. The summed E-state index contributed by atoms with van der Waals surface area (Å²) < 4.78 is 0. The Morgan fingerprint density at radius 1 is 0.576 bits per heavy atom. The first kappa shape index (κ1) is 22.6. The molecule has 0 saturated heterocycles. The molecule has 0 amide bonds. The van der Waals surface area contributed by atoms with Crippen molar-refractivity contribution in [2.24, 2.45) is 9.98 Å². The fourth-order valence-electron chi connectivity index (χ4n) is 3.21. The molecule has 0 aliphatic carbocycles. The third-order valence-corrected chi connectivity index (χ3v) is 5.45. The van der Waals surface area contributed by atoms with Crippen LogP contribution in [0.25, 0.3) is 0 Å². The maximum Gasteiger partial charge on any atom is 0.124 e. The zero-order valence-corrected chi connectivity index (χ0v) is 19.0. The van der Waals surface area contributed by atoms with Gasteiger partial charge in [-0.05, 0) is 90.3 Å². The van der Waals surface area contributed by atoms with Gasteiger partial charge in [0.15, 0.2) is 0 Å². The molecule has 6 heteroatoms. The number of hydrogen-bond acceptors (Lipinski definition) is 4. The molecule has 0 heterocycles. The lowest BCUT2D eigenvalue weighted by molar-refractivity contribution is 0.474. The number of aromatic hydroxyl groups is 2. The second-order valence-electron chi connectivity index (χ2n) is 7.43. The van der Waals surface area contributed by atoms with Crippen molar-refractivity contribution in [2.45, 2.75) is 6.42 Å². The number of rotatable bonds is 6. The molecule has 4 aromatic rings. The smallest absolute Gasteiger partial charge is 0.124 e. The van der Waals surface area contributed by atoms with Crippen LogP contribution in [0, 0.1) is 0 Å². The molecule has 0 spiro atoms. The van der Waals surface area contributed by atoms with Gasteiger partial charge in [-0.1, -0.05) is 35.3 Å². The molecule has 4 nitrogen and oxygen atoms in total. The molecular formula is C27H20Cl2N2O2. The Labute approximate surface area is 202 Å². The van der Waals surface area contributed by atoms with E-state index in [9.17, 15) is 10.2 Å². The molecule has 0 bridgehead atoms. The lowest BCUT2D eigenvalue weighted by Gasteiger charge is -2.07. The van der Waals surface area contributed by atoms with E-state index in [4.69, 9.17) is 23.2 Å². The SMILES string of the molecule is Oc1ccc(Cc2ccc(O)c(C=Nc3ccc(Cl)cc3)c2)cc1C=Nc1ccc(Cl)cc1. The van der Waals surface area contributed by atoms with Crippen LogP contribution in [0.2, 0.25) is 10.0 Å². The molecule has 0 unspecified atom stereocenters. The van der Waals surface area contributed by atoms with Gasteiger partial charge in [-0.3, -0.25) is 9.98 Å². The zero-order chi connectivity index (χ0) is 23.2.